The molecule has 0 spiro atoms. The third-order valence-electron chi connectivity index (χ3n) is 5.21. The van der Waals surface area contributed by atoms with E-state index in [2.05, 4.69) is 25.8 Å². The smallest absolute Gasteiger partial charge is 0.300 e. The van der Waals surface area contributed by atoms with Crippen molar-refractivity contribution in [1.29, 1.82) is 0 Å². The summed E-state index contributed by atoms with van der Waals surface area (Å²) in [6.45, 7) is 1.58. The average Bonchev–Trinajstić information content (AvgIpc) is 3.09. The largest absolute Gasteiger partial charge is 0.481 e. The first-order chi connectivity index (χ1) is 14.8. The maximum Gasteiger partial charge on any atom is 0.300 e. The second-order valence-electron chi connectivity index (χ2n) is 7.84. The average molecular weight is 433 g/mol. The Bertz CT molecular complexity index is 888. The number of aliphatic hydroxyl groups excluding tert-OH is 1. The third-order valence-corrected chi connectivity index (χ3v) is 5.21. The summed E-state index contributed by atoms with van der Waals surface area (Å²) >= 11 is 0. The molecule has 2 heterocycles. The lowest BCUT2D eigenvalue weighted by Gasteiger charge is -2.15. The lowest BCUT2D eigenvalue weighted by Crippen LogP contribution is -2.40. The highest BCUT2D eigenvalue weighted by atomic mass is 16.5. The molecule has 2 fully saturated rings. The van der Waals surface area contributed by atoms with E-state index in [-0.39, 0.29) is 17.6 Å². The molecule has 0 radical (unpaired) electrons. The number of imidazole rings is 1. The number of carbonyl (C=O) groups is 3. The Kier molecular flexibility index (Phi) is 7.40. The number of H-pyrrole nitrogens is 1. The van der Waals surface area contributed by atoms with Crippen molar-refractivity contribution in [2.24, 2.45) is 5.92 Å². The molecule has 2 aliphatic carbocycles. The number of nitrogens with one attached hydrogen (secondary N) is 3. The molecule has 0 unspecified atom stereocenters. The first kappa shape index (κ1) is 22.5. The zero-order valence-corrected chi connectivity index (χ0v) is 17.2. The summed E-state index contributed by atoms with van der Waals surface area (Å²) in [5, 5.41) is 27.2. The Morgan fingerprint density at radius 1 is 1.29 bits per heavy atom. The van der Waals surface area contributed by atoms with Gasteiger partial charge in [-0.1, -0.05) is 5.16 Å². The molecular formula is C20H27N5O6. The Balaban J connectivity index is 0.000000628. The molecule has 2 amide bonds. The summed E-state index contributed by atoms with van der Waals surface area (Å²) in [5.74, 6) is -1.12. The number of hydrogen-bond donors (Lipinski definition) is 5. The van der Waals surface area contributed by atoms with Crippen molar-refractivity contribution in [3.8, 4) is 0 Å². The normalized spacial score (nSPS) is 22.3. The predicted molar refractivity (Wildman–Crippen MR) is 107 cm³/mol. The minimum atomic E-state index is -0.833. The third kappa shape index (κ3) is 6.64. The fourth-order valence-electron chi connectivity index (χ4n) is 3.48. The van der Waals surface area contributed by atoms with Crippen molar-refractivity contribution in [2.45, 2.75) is 57.1 Å². The number of carboxylic acid groups (broad SMARTS) is 1. The standard InChI is InChI=1S/C18H23N5O4.C2H4O2/c24-15-6-11(17(25)20-4-3-12-8-19-9-21-12)5-14(15)22-18(26)16-7-13(23-27-16)10-1-2-10;1-2(3)4/h7-11,14-15,24H,1-6H2,(H,19,21)(H,20,25)(H,22,26);1H3,(H,3,4)/t11-,14+,15+;/m0./s1. The van der Waals surface area contributed by atoms with E-state index in [9.17, 15) is 14.7 Å². The molecular weight excluding hydrogens is 406 g/mol. The number of carbonyl (C=O) groups excluding carboxylic acids is 2. The first-order valence-electron chi connectivity index (χ1n) is 10.2. The summed E-state index contributed by atoms with van der Waals surface area (Å²) in [6, 6.07) is 1.18. The van der Waals surface area contributed by atoms with E-state index in [1.54, 1.807) is 18.6 Å². The van der Waals surface area contributed by atoms with Crippen molar-refractivity contribution >= 4 is 17.8 Å². The molecule has 11 heteroatoms. The molecule has 168 valence electrons. The highest BCUT2D eigenvalue weighted by Crippen LogP contribution is 2.39. The summed E-state index contributed by atoms with van der Waals surface area (Å²) < 4.78 is 5.11. The topological polar surface area (TPSA) is 170 Å². The van der Waals surface area contributed by atoms with Gasteiger partial charge in [0, 0.05) is 49.7 Å². The van der Waals surface area contributed by atoms with Crippen LogP contribution in [0.1, 0.15) is 60.5 Å². The van der Waals surface area contributed by atoms with E-state index in [1.165, 1.54) is 0 Å². The molecule has 0 bridgehead atoms. The van der Waals surface area contributed by atoms with Crippen molar-refractivity contribution in [1.82, 2.24) is 25.8 Å². The van der Waals surface area contributed by atoms with Gasteiger partial charge in [-0.3, -0.25) is 14.4 Å². The molecule has 0 saturated heterocycles. The molecule has 0 aliphatic heterocycles. The lowest BCUT2D eigenvalue weighted by atomic mass is 10.1. The highest BCUT2D eigenvalue weighted by Gasteiger charge is 2.38. The van der Waals surface area contributed by atoms with Gasteiger partial charge in [-0.25, -0.2) is 4.98 Å². The van der Waals surface area contributed by atoms with Gasteiger partial charge in [0.15, 0.2) is 0 Å². The first-order valence-corrected chi connectivity index (χ1v) is 10.2. The Hall–Kier alpha value is -3.21. The molecule has 11 nitrogen and oxygen atoms in total. The number of aromatic amines is 1. The minimum absolute atomic E-state index is 0.110. The molecule has 2 saturated carbocycles. The number of nitrogens with zero attached hydrogens (tertiary/aromatic N) is 2. The summed E-state index contributed by atoms with van der Waals surface area (Å²) in [5.41, 5.74) is 1.76. The van der Waals surface area contributed by atoms with Crippen LogP contribution in [0.5, 0.6) is 0 Å². The molecule has 0 aromatic carbocycles. The fourth-order valence-corrected chi connectivity index (χ4v) is 3.48. The SMILES string of the molecule is CC(=O)O.O=C(N[C@@H]1C[C@H](C(=O)NCCc2cnc[nH]2)C[C@H]1O)c1cc(C2CC2)no1. The summed E-state index contributed by atoms with van der Waals surface area (Å²) in [6.07, 6.45) is 6.09. The van der Waals surface area contributed by atoms with Crippen LogP contribution in [0.3, 0.4) is 0 Å². The Morgan fingerprint density at radius 3 is 2.68 bits per heavy atom. The fraction of sp³-hybridized carbons (Fsp3) is 0.550. The lowest BCUT2D eigenvalue weighted by molar-refractivity contribution is -0.134. The van der Waals surface area contributed by atoms with Crippen molar-refractivity contribution in [2.75, 3.05) is 6.54 Å². The van der Waals surface area contributed by atoms with Gasteiger partial charge in [-0.05, 0) is 25.7 Å². The van der Waals surface area contributed by atoms with Crippen molar-refractivity contribution in [3.05, 3.63) is 35.7 Å². The minimum Gasteiger partial charge on any atom is -0.481 e. The van der Waals surface area contributed by atoms with Crippen molar-refractivity contribution < 1.29 is 29.1 Å². The highest BCUT2D eigenvalue weighted by molar-refractivity contribution is 5.91. The molecule has 2 aromatic heterocycles. The molecule has 2 aliphatic rings. The Labute approximate surface area is 178 Å². The maximum absolute atomic E-state index is 12.3. The van der Waals surface area contributed by atoms with E-state index in [0.717, 1.165) is 31.2 Å². The number of hydrogen-bond acceptors (Lipinski definition) is 7. The molecule has 5 N–H and O–H groups in total. The monoisotopic (exact) mass is 433 g/mol. The van der Waals surface area contributed by atoms with Crippen LogP contribution in [-0.4, -0.2) is 61.8 Å². The van der Waals surface area contributed by atoms with Crippen LogP contribution in [0.25, 0.3) is 0 Å². The van der Waals surface area contributed by atoms with Gasteiger partial charge in [0.05, 0.1) is 24.2 Å². The second kappa shape index (κ2) is 10.2. The maximum atomic E-state index is 12.3. The van der Waals surface area contributed by atoms with Crippen LogP contribution in [0.15, 0.2) is 23.1 Å². The van der Waals surface area contributed by atoms with Gasteiger partial charge in [0.25, 0.3) is 11.9 Å². The zero-order valence-electron chi connectivity index (χ0n) is 17.2. The van der Waals surface area contributed by atoms with Gasteiger partial charge in [0.2, 0.25) is 11.7 Å². The predicted octanol–water partition coefficient (Wildman–Crippen LogP) is 0.594. The van der Waals surface area contributed by atoms with Crippen LogP contribution in [-0.2, 0) is 16.0 Å². The van der Waals surface area contributed by atoms with Gasteiger partial charge >= 0.3 is 0 Å². The second-order valence-corrected chi connectivity index (χ2v) is 7.84. The summed E-state index contributed by atoms with van der Waals surface area (Å²) in [7, 11) is 0. The number of aliphatic hydroxyl groups is 1. The van der Waals surface area contributed by atoms with Gasteiger partial charge in [0.1, 0.15) is 0 Å². The van der Waals surface area contributed by atoms with Crippen LogP contribution in [0.4, 0.5) is 0 Å². The quantitative estimate of drug-likeness (QED) is 0.422. The van der Waals surface area contributed by atoms with Gasteiger partial charge in [-0.15, -0.1) is 0 Å². The van der Waals surface area contributed by atoms with E-state index >= 15 is 0 Å². The van der Waals surface area contributed by atoms with E-state index in [1.807, 2.05) is 0 Å². The number of aliphatic carboxylic acids is 1. The van der Waals surface area contributed by atoms with Crippen LogP contribution in [0.2, 0.25) is 0 Å². The number of aromatic nitrogens is 3. The molecule has 4 rings (SSSR count). The van der Waals surface area contributed by atoms with E-state index in [4.69, 9.17) is 14.4 Å². The summed E-state index contributed by atoms with van der Waals surface area (Å²) in [4.78, 5) is 40.5. The van der Waals surface area contributed by atoms with Gasteiger partial charge < -0.3 is 30.4 Å². The van der Waals surface area contributed by atoms with Crippen LogP contribution < -0.4 is 10.6 Å². The van der Waals surface area contributed by atoms with Crippen LogP contribution in [0, 0.1) is 5.92 Å². The van der Waals surface area contributed by atoms with E-state index < -0.39 is 24.0 Å². The van der Waals surface area contributed by atoms with Crippen LogP contribution >= 0.6 is 0 Å². The number of carboxylic acids is 1. The molecule has 2 aromatic rings. The van der Waals surface area contributed by atoms with Crippen molar-refractivity contribution in [3.63, 3.8) is 0 Å². The molecule has 31 heavy (non-hydrogen) atoms. The Morgan fingerprint density at radius 2 is 2.03 bits per heavy atom. The van der Waals surface area contributed by atoms with Gasteiger partial charge in [-0.2, -0.15) is 0 Å². The van der Waals surface area contributed by atoms with E-state index in [0.29, 0.717) is 31.7 Å². The molecule has 3 atom stereocenters. The zero-order chi connectivity index (χ0) is 22.4. The number of rotatable bonds is 7. The number of amides is 2.